The fourth-order valence-electron chi connectivity index (χ4n) is 5.30. The zero-order chi connectivity index (χ0) is 25.8. The van der Waals surface area contributed by atoms with E-state index in [4.69, 9.17) is 9.47 Å². The van der Waals surface area contributed by atoms with Crippen molar-refractivity contribution in [2.24, 2.45) is 0 Å². The van der Waals surface area contributed by atoms with Gasteiger partial charge >= 0.3 is 0 Å². The van der Waals surface area contributed by atoms with Crippen LogP contribution in [0, 0.1) is 0 Å². The number of benzene rings is 3. The Morgan fingerprint density at radius 2 is 1.51 bits per heavy atom. The first-order valence-electron chi connectivity index (χ1n) is 13.5. The molecule has 4 heteroatoms. The Morgan fingerprint density at radius 3 is 2.22 bits per heavy atom. The predicted molar refractivity (Wildman–Crippen MR) is 150 cm³/mol. The third-order valence-electron chi connectivity index (χ3n) is 7.08. The quantitative estimate of drug-likeness (QED) is 0.313. The summed E-state index contributed by atoms with van der Waals surface area (Å²) in [5.41, 5.74) is 5.66. The lowest BCUT2D eigenvalue weighted by Crippen LogP contribution is -2.25. The average Bonchev–Trinajstić information content (AvgIpc) is 3.41. The highest BCUT2D eigenvalue weighted by Gasteiger charge is 2.26. The second-order valence-corrected chi connectivity index (χ2v) is 11.0. The summed E-state index contributed by atoms with van der Waals surface area (Å²) in [7, 11) is 0. The summed E-state index contributed by atoms with van der Waals surface area (Å²) in [5, 5.41) is 0. The summed E-state index contributed by atoms with van der Waals surface area (Å²) in [6.07, 6.45) is 4.32. The van der Waals surface area contributed by atoms with E-state index in [-0.39, 0.29) is 11.4 Å². The topological polar surface area (TPSA) is 38.8 Å². The third kappa shape index (κ3) is 6.14. The summed E-state index contributed by atoms with van der Waals surface area (Å²) in [4.78, 5) is 16.4. The molecular formula is C33H37NO3. The molecule has 2 aliphatic rings. The van der Waals surface area contributed by atoms with Gasteiger partial charge in [-0.2, -0.15) is 0 Å². The number of hydrogen-bond acceptors (Lipinski definition) is 4. The van der Waals surface area contributed by atoms with Crippen molar-refractivity contribution in [1.29, 1.82) is 0 Å². The summed E-state index contributed by atoms with van der Waals surface area (Å²) in [6.45, 7) is 10.1. The fourth-order valence-corrected chi connectivity index (χ4v) is 5.30. The molecule has 1 fully saturated rings. The van der Waals surface area contributed by atoms with Crippen LogP contribution in [-0.4, -0.2) is 42.5 Å². The van der Waals surface area contributed by atoms with E-state index in [2.05, 4.69) is 35.2 Å². The molecule has 1 aliphatic carbocycles. The Kier molecular flexibility index (Phi) is 7.48. The molecule has 1 saturated heterocycles. The highest BCUT2D eigenvalue weighted by molar-refractivity contribution is 6.35. The number of Topliss-reactive ketones (excluding diaryl/α,β-unsaturated/α-hetero) is 1. The summed E-state index contributed by atoms with van der Waals surface area (Å²) < 4.78 is 12.0. The minimum Gasteiger partial charge on any atom is -0.492 e. The number of carbonyl (C=O) groups is 1. The van der Waals surface area contributed by atoms with Crippen LogP contribution < -0.4 is 9.47 Å². The number of ether oxygens (including phenoxy) is 2. The van der Waals surface area contributed by atoms with Gasteiger partial charge in [-0.25, -0.2) is 0 Å². The van der Waals surface area contributed by atoms with E-state index in [0.717, 1.165) is 53.2 Å². The van der Waals surface area contributed by atoms with E-state index in [1.54, 1.807) is 0 Å². The van der Waals surface area contributed by atoms with Gasteiger partial charge < -0.3 is 9.47 Å². The number of fused-ring (bicyclic) bond motifs is 1. The van der Waals surface area contributed by atoms with Crippen molar-refractivity contribution in [3.63, 3.8) is 0 Å². The molecule has 0 N–H and O–H groups in total. The molecule has 4 nitrogen and oxygen atoms in total. The molecule has 192 valence electrons. The number of carbonyl (C=O) groups excluding carboxylic acids is 1. The van der Waals surface area contributed by atoms with Gasteiger partial charge in [0, 0.05) is 17.7 Å². The molecule has 0 amide bonds. The fraction of sp³-hybridized carbons (Fsp3) is 0.364. The lowest BCUT2D eigenvalue weighted by Gasteiger charge is -2.24. The van der Waals surface area contributed by atoms with E-state index in [9.17, 15) is 4.79 Å². The SMILES string of the molecule is CC(C)(C)Oc1ccc(C2=C(C(=O)c3ccc(OCCN4CCCC4)cc3)c3ccccc3CC2)cc1. The Labute approximate surface area is 220 Å². The van der Waals surface area contributed by atoms with Gasteiger partial charge in [-0.1, -0.05) is 36.4 Å². The van der Waals surface area contributed by atoms with Crippen LogP contribution in [0.4, 0.5) is 0 Å². The van der Waals surface area contributed by atoms with Crippen molar-refractivity contribution >= 4 is 16.9 Å². The van der Waals surface area contributed by atoms with Crippen molar-refractivity contribution in [3.05, 3.63) is 95.1 Å². The van der Waals surface area contributed by atoms with Crippen LogP contribution in [0.5, 0.6) is 11.5 Å². The molecule has 0 aromatic heterocycles. The third-order valence-corrected chi connectivity index (χ3v) is 7.08. The van der Waals surface area contributed by atoms with Crippen LogP contribution in [0.3, 0.4) is 0 Å². The number of hydrogen-bond donors (Lipinski definition) is 0. The summed E-state index contributed by atoms with van der Waals surface area (Å²) >= 11 is 0. The molecule has 1 aliphatic heterocycles. The number of ketones is 1. The molecular weight excluding hydrogens is 458 g/mol. The van der Waals surface area contributed by atoms with Crippen molar-refractivity contribution in [2.75, 3.05) is 26.2 Å². The number of rotatable bonds is 8. The maximum absolute atomic E-state index is 14.0. The van der Waals surface area contributed by atoms with Crippen molar-refractivity contribution in [2.45, 2.75) is 52.1 Å². The number of aryl methyl sites for hydroxylation is 1. The molecule has 0 saturated carbocycles. The van der Waals surface area contributed by atoms with E-state index >= 15 is 0 Å². The summed E-state index contributed by atoms with van der Waals surface area (Å²) in [5.74, 6) is 1.70. The Morgan fingerprint density at radius 1 is 0.838 bits per heavy atom. The molecule has 0 atom stereocenters. The first kappa shape index (κ1) is 25.3. The van der Waals surface area contributed by atoms with Crippen LogP contribution in [0.2, 0.25) is 0 Å². The van der Waals surface area contributed by atoms with Gasteiger partial charge in [0.25, 0.3) is 0 Å². The molecule has 3 aromatic carbocycles. The van der Waals surface area contributed by atoms with E-state index < -0.39 is 0 Å². The smallest absolute Gasteiger partial charge is 0.193 e. The van der Waals surface area contributed by atoms with E-state index in [0.29, 0.717) is 12.2 Å². The zero-order valence-electron chi connectivity index (χ0n) is 22.3. The Bertz CT molecular complexity index is 1260. The number of nitrogens with zero attached hydrogens (tertiary/aromatic N) is 1. The van der Waals surface area contributed by atoms with Gasteiger partial charge in [0.05, 0.1) is 0 Å². The van der Waals surface area contributed by atoms with Gasteiger partial charge in [0.2, 0.25) is 0 Å². The highest BCUT2D eigenvalue weighted by Crippen LogP contribution is 2.39. The van der Waals surface area contributed by atoms with Crippen LogP contribution >= 0.6 is 0 Å². The van der Waals surface area contributed by atoms with Gasteiger partial charge in [-0.15, -0.1) is 0 Å². The Balaban J connectivity index is 1.40. The molecule has 37 heavy (non-hydrogen) atoms. The van der Waals surface area contributed by atoms with Gasteiger partial charge in [-0.05, 0) is 118 Å². The first-order valence-corrected chi connectivity index (χ1v) is 13.5. The lowest BCUT2D eigenvalue weighted by atomic mass is 9.79. The predicted octanol–water partition coefficient (Wildman–Crippen LogP) is 7.08. The van der Waals surface area contributed by atoms with Gasteiger partial charge in [0.15, 0.2) is 5.78 Å². The second kappa shape index (κ2) is 10.9. The monoisotopic (exact) mass is 495 g/mol. The molecule has 0 radical (unpaired) electrons. The Hall–Kier alpha value is -3.37. The maximum atomic E-state index is 14.0. The molecule has 1 heterocycles. The van der Waals surface area contributed by atoms with Crippen LogP contribution in [0.15, 0.2) is 72.8 Å². The van der Waals surface area contributed by atoms with Crippen molar-refractivity contribution in [3.8, 4) is 11.5 Å². The maximum Gasteiger partial charge on any atom is 0.193 e. The number of likely N-dealkylation sites (tertiary alicyclic amines) is 1. The molecule has 5 rings (SSSR count). The van der Waals surface area contributed by atoms with Crippen LogP contribution in [0.25, 0.3) is 11.1 Å². The van der Waals surface area contributed by atoms with Gasteiger partial charge in [0.1, 0.15) is 23.7 Å². The van der Waals surface area contributed by atoms with E-state index in [1.807, 2.05) is 63.2 Å². The van der Waals surface area contributed by atoms with E-state index in [1.165, 1.54) is 31.5 Å². The zero-order valence-corrected chi connectivity index (χ0v) is 22.3. The second-order valence-electron chi connectivity index (χ2n) is 11.0. The van der Waals surface area contributed by atoms with Crippen LogP contribution in [0.1, 0.15) is 67.1 Å². The van der Waals surface area contributed by atoms with Crippen molar-refractivity contribution < 1.29 is 14.3 Å². The average molecular weight is 496 g/mol. The highest BCUT2D eigenvalue weighted by atomic mass is 16.5. The lowest BCUT2D eigenvalue weighted by molar-refractivity contribution is 0.105. The minimum absolute atomic E-state index is 0.0563. The normalized spacial score (nSPS) is 16.0. The van der Waals surface area contributed by atoms with Crippen LogP contribution in [-0.2, 0) is 6.42 Å². The largest absolute Gasteiger partial charge is 0.492 e. The molecule has 0 spiro atoms. The first-order chi connectivity index (χ1) is 17.9. The molecule has 0 bridgehead atoms. The number of allylic oxidation sites excluding steroid dienone is 2. The minimum atomic E-state index is -0.254. The standard InChI is InChI=1S/C33H37NO3/c1-33(2,3)37-28-17-10-25(11-18-28)30-19-14-24-8-4-5-9-29(24)31(30)32(35)26-12-15-27(16-13-26)36-23-22-34-20-6-7-21-34/h4-5,8-13,15-18H,6-7,14,19-23H2,1-3H3. The summed E-state index contributed by atoms with van der Waals surface area (Å²) in [6, 6.07) is 24.1. The molecule has 0 unspecified atom stereocenters. The molecule has 3 aromatic rings. The van der Waals surface area contributed by atoms with Gasteiger partial charge in [-0.3, -0.25) is 9.69 Å². The van der Waals surface area contributed by atoms with Crippen molar-refractivity contribution in [1.82, 2.24) is 4.90 Å².